The molecule has 4 nitrogen and oxygen atoms in total. The zero-order chi connectivity index (χ0) is 19.3. The highest BCUT2D eigenvalue weighted by molar-refractivity contribution is 5.27. The fraction of sp³-hybridized carbons (Fsp3) is 0.550. The third kappa shape index (κ3) is 3.27. The Balaban J connectivity index is 1.46. The lowest BCUT2D eigenvalue weighted by atomic mass is 9.77. The Bertz CT molecular complexity index is 848. The molecule has 0 spiro atoms. The highest BCUT2D eigenvalue weighted by Crippen LogP contribution is 2.38. The first-order valence-electron chi connectivity index (χ1n) is 9.54. The van der Waals surface area contributed by atoms with Crippen LogP contribution in [0.15, 0.2) is 18.3 Å². The van der Waals surface area contributed by atoms with Crippen molar-refractivity contribution in [2.75, 3.05) is 0 Å². The lowest BCUT2D eigenvalue weighted by Gasteiger charge is -2.38. The van der Waals surface area contributed by atoms with E-state index in [2.05, 4.69) is 28.5 Å². The van der Waals surface area contributed by atoms with Crippen molar-refractivity contribution in [1.82, 2.24) is 14.7 Å². The molecule has 1 aromatic carbocycles. The molecule has 1 aliphatic carbocycles. The summed E-state index contributed by atoms with van der Waals surface area (Å²) in [4.78, 5) is 2.41. The maximum absolute atomic E-state index is 14.2. The number of nitrogens with zero attached hydrogens (tertiary/aromatic N) is 3. The van der Waals surface area contributed by atoms with E-state index >= 15 is 0 Å². The van der Waals surface area contributed by atoms with E-state index in [4.69, 9.17) is 5.73 Å². The summed E-state index contributed by atoms with van der Waals surface area (Å²) in [6, 6.07) is 1.94. The Morgan fingerprint density at radius 3 is 2.52 bits per heavy atom. The van der Waals surface area contributed by atoms with Gasteiger partial charge in [0.25, 0.3) is 0 Å². The van der Waals surface area contributed by atoms with Gasteiger partial charge in [-0.25, -0.2) is 13.2 Å². The van der Waals surface area contributed by atoms with E-state index in [0.29, 0.717) is 31.0 Å². The number of fused-ring (bicyclic) bond motifs is 1. The molecule has 2 aromatic rings. The fourth-order valence-corrected chi connectivity index (χ4v) is 4.62. The zero-order valence-corrected chi connectivity index (χ0v) is 15.6. The van der Waals surface area contributed by atoms with Crippen molar-refractivity contribution in [2.45, 2.75) is 70.2 Å². The monoisotopic (exact) mass is 378 g/mol. The van der Waals surface area contributed by atoms with Crippen molar-refractivity contribution < 1.29 is 13.2 Å². The molecule has 0 radical (unpaired) electrons. The van der Waals surface area contributed by atoms with Gasteiger partial charge in [0.1, 0.15) is 5.82 Å². The van der Waals surface area contributed by atoms with Crippen LogP contribution in [0.25, 0.3) is 0 Å². The predicted octanol–water partition coefficient (Wildman–Crippen LogP) is 3.86. The van der Waals surface area contributed by atoms with E-state index in [1.54, 1.807) is 0 Å². The van der Waals surface area contributed by atoms with Gasteiger partial charge in [-0.2, -0.15) is 5.10 Å². The molecule has 146 valence electrons. The number of hydrogen-bond donors (Lipinski definition) is 1. The molecule has 0 saturated heterocycles. The van der Waals surface area contributed by atoms with Crippen LogP contribution in [-0.4, -0.2) is 26.8 Å². The van der Waals surface area contributed by atoms with Gasteiger partial charge < -0.3 is 5.73 Å². The van der Waals surface area contributed by atoms with E-state index in [1.807, 2.05) is 6.20 Å². The normalized spacial score (nSPS) is 26.0. The maximum atomic E-state index is 14.2. The molecule has 2 N–H and O–H groups in total. The molecular formula is C20H25F3N4. The van der Waals surface area contributed by atoms with Crippen LogP contribution in [0, 0.1) is 17.5 Å². The number of rotatable bonds is 3. The van der Waals surface area contributed by atoms with E-state index < -0.39 is 17.5 Å². The summed E-state index contributed by atoms with van der Waals surface area (Å²) in [7, 11) is 0. The summed E-state index contributed by atoms with van der Waals surface area (Å²) in [5, 5.41) is 4.47. The molecule has 1 aromatic heterocycles. The highest BCUT2D eigenvalue weighted by atomic mass is 19.2. The third-order valence-corrected chi connectivity index (χ3v) is 6.03. The summed E-state index contributed by atoms with van der Waals surface area (Å²) >= 11 is 0. The van der Waals surface area contributed by atoms with Gasteiger partial charge in [0.05, 0.1) is 11.9 Å². The third-order valence-electron chi connectivity index (χ3n) is 6.03. The molecule has 2 heterocycles. The van der Waals surface area contributed by atoms with Gasteiger partial charge in [0.15, 0.2) is 11.6 Å². The van der Waals surface area contributed by atoms with Gasteiger partial charge in [-0.05, 0) is 44.7 Å². The van der Waals surface area contributed by atoms with E-state index in [-0.39, 0.29) is 17.5 Å². The first-order chi connectivity index (χ1) is 12.8. The molecule has 1 aliphatic heterocycles. The van der Waals surface area contributed by atoms with Crippen LogP contribution in [0.5, 0.6) is 0 Å². The number of nitrogens with two attached hydrogens (primary N) is 1. The van der Waals surface area contributed by atoms with Crippen LogP contribution in [0.1, 0.15) is 61.9 Å². The van der Waals surface area contributed by atoms with Gasteiger partial charge in [-0.3, -0.25) is 9.58 Å². The van der Waals surface area contributed by atoms with Gasteiger partial charge in [0.2, 0.25) is 0 Å². The zero-order valence-electron chi connectivity index (χ0n) is 15.6. The van der Waals surface area contributed by atoms with Crippen molar-refractivity contribution in [3.63, 3.8) is 0 Å². The van der Waals surface area contributed by atoms with E-state index in [1.165, 1.54) is 11.3 Å². The van der Waals surface area contributed by atoms with Gasteiger partial charge >= 0.3 is 0 Å². The Kier molecular flexibility index (Phi) is 4.76. The molecular weight excluding hydrogens is 353 g/mol. The maximum Gasteiger partial charge on any atom is 0.161 e. The summed E-state index contributed by atoms with van der Waals surface area (Å²) in [5.41, 5.74) is 9.06. The Labute approximate surface area is 157 Å². The second kappa shape index (κ2) is 6.95. The van der Waals surface area contributed by atoms with Crippen LogP contribution in [0.3, 0.4) is 0 Å². The lowest BCUT2D eigenvalue weighted by molar-refractivity contribution is 0.134. The Hall–Kier alpha value is -1.86. The van der Waals surface area contributed by atoms with Crippen molar-refractivity contribution in [1.29, 1.82) is 0 Å². The molecule has 4 rings (SSSR count). The summed E-state index contributed by atoms with van der Waals surface area (Å²) in [5.74, 6) is -3.17. The summed E-state index contributed by atoms with van der Waals surface area (Å²) in [6.07, 6.45) is 4.17. The average Bonchev–Trinajstić information content (AvgIpc) is 3.18. The van der Waals surface area contributed by atoms with E-state index in [0.717, 1.165) is 25.6 Å². The molecule has 2 aliphatic rings. The minimum Gasteiger partial charge on any atom is -0.327 e. The van der Waals surface area contributed by atoms with Gasteiger partial charge in [-0.15, -0.1) is 0 Å². The van der Waals surface area contributed by atoms with Crippen LogP contribution >= 0.6 is 0 Å². The molecule has 0 bridgehead atoms. The van der Waals surface area contributed by atoms with Crippen LogP contribution in [0.4, 0.5) is 13.2 Å². The Morgan fingerprint density at radius 2 is 1.81 bits per heavy atom. The molecule has 0 unspecified atom stereocenters. The topological polar surface area (TPSA) is 47.1 Å². The standard InChI is InChI=1S/C20H25F3N4/c1-11(2)27-20-10-26(9-12(20)8-25-27)13-3-4-14(19(24)5-13)15-6-17(22)18(23)7-16(15)21/h6-8,11,13-14,19H,3-5,9-10,24H2,1-2H3/t13-,14+,19-/m0/s1. The van der Waals surface area contributed by atoms with Gasteiger partial charge in [-0.1, -0.05) is 0 Å². The molecule has 27 heavy (non-hydrogen) atoms. The average molecular weight is 378 g/mol. The first-order valence-corrected chi connectivity index (χ1v) is 9.54. The molecule has 3 atom stereocenters. The van der Waals surface area contributed by atoms with Crippen molar-refractivity contribution in [3.05, 3.63) is 52.6 Å². The predicted molar refractivity (Wildman–Crippen MR) is 96.5 cm³/mol. The van der Waals surface area contributed by atoms with E-state index in [9.17, 15) is 13.2 Å². The highest BCUT2D eigenvalue weighted by Gasteiger charge is 2.36. The van der Waals surface area contributed by atoms with Crippen LogP contribution in [-0.2, 0) is 13.1 Å². The SMILES string of the molecule is CC(C)n1ncc2c1CN([C@H]1CC[C@H](c3cc(F)c(F)cc3F)[C@@H](N)C1)C2. The fourth-order valence-electron chi connectivity index (χ4n) is 4.62. The lowest BCUT2D eigenvalue weighted by Crippen LogP contribution is -2.44. The summed E-state index contributed by atoms with van der Waals surface area (Å²) in [6.45, 7) is 5.93. The molecule has 1 saturated carbocycles. The number of hydrogen-bond acceptors (Lipinski definition) is 3. The number of aromatic nitrogens is 2. The minimum atomic E-state index is -1.16. The van der Waals surface area contributed by atoms with Crippen LogP contribution < -0.4 is 5.73 Å². The second-order valence-electron chi connectivity index (χ2n) is 8.08. The van der Waals surface area contributed by atoms with Crippen molar-refractivity contribution in [2.24, 2.45) is 5.73 Å². The summed E-state index contributed by atoms with van der Waals surface area (Å²) < 4.78 is 43.0. The molecule has 0 amide bonds. The van der Waals surface area contributed by atoms with Crippen molar-refractivity contribution in [3.8, 4) is 0 Å². The quantitative estimate of drug-likeness (QED) is 0.825. The van der Waals surface area contributed by atoms with Crippen molar-refractivity contribution >= 4 is 0 Å². The first kappa shape index (κ1) is 18.5. The van der Waals surface area contributed by atoms with Gasteiger partial charge in [0, 0.05) is 48.8 Å². The largest absolute Gasteiger partial charge is 0.327 e. The molecule has 1 fully saturated rings. The second-order valence-corrected chi connectivity index (χ2v) is 8.08. The smallest absolute Gasteiger partial charge is 0.161 e. The molecule has 7 heteroatoms. The number of halogens is 3. The number of benzene rings is 1. The van der Waals surface area contributed by atoms with Crippen LogP contribution in [0.2, 0.25) is 0 Å². The minimum absolute atomic E-state index is 0.194. The Morgan fingerprint density at radius 1 is 1.07 bits per heavy atom.